The molecule has 19 heavy (non-hydrogen) atoms. The highest BCUT2D eigenvalue weighted by Crippen LogP contribution is 2.21. The maximum Gasteiger partial charge on any atom is 0.128 e. The van der Waals surface area contributed by atoms with Gasteiger partial charge in [0.05, 0.1) is 12.6 Å². The van der Waals surface area contributed by atoms with Gasteiger partial charge in [0, 0.05) is 23.7 Å². The summed E-state index contributed by atoms with van der Waals surface area (Å²) in [4.78, 5) is 2.26. The number of halogens is 2. The third-order valence-corrected chi connectivity index (χ3v) is 3.46. The zero-order valence-electron chi connectivity index (χ0n) is 11.5. The molecule has 1 aromatic carbocycles. The molecule has 0 fully saturated rings. The lowest BCUT2D eigenvalue weighted by atomic mass is 10.1. The van der Waals surface area contributed by atoms with Gasteiger partial charge in [-0.2, -0.15) is 0 Å². The summed E-state index contributed by atoms with van der Waals surface area (Å²) in [7, 11) is 0. The molecule has 0 amide bonds. The van der Waals surface area contributed by atoms with Crippen molar-refractivity contribution in [2.24, 2.45) is 0 Å². The van der Waals surface area contributed by atoms with Crippen molar-refractivity contribution in [2.45, 2.75) is 19.9 Å². The molecule has 0 aromatic heterocycles. The van der Waals surface area contributed by atoms with Crippen molar-refractivity contribution in [2.75, 3.05) is 32.8 Å². The van der Waals surface area contributed by atoms with Crippen molar-refractivity contribution in [3.8, 4) is 0 Å². The largest absolute Gasteiger partial charge is 0.394 e. The molecule has 5 heteroatoms. The predicted molar refractivity (Wildman–Crippen MR) is 77.0 cm³/mol. The molecule has 0 heterocycles. The Hall–Kier alpha value is -0.680. The van der Waals surface area contributed by atoms with Gasteiger partial charge < -0.3 is 15.3 Å². The number of benzene rings is 1. The van der Waals surface area contributed by atoms with Gasteiger partial charge in [-0.3, -0.25) is 0 Å². The summed E-state index contributed by atoms with van der Waals surface area (Å²) in [6, 6.07) is 3.97. The highest BCUT2D eigenvalue weighted by molar-refractivity contribution is 6.30. The number of rotatable bonds is 8. The molecular weight excluding hydrogens is 267 g/mol. The summed E-state index contributed by atoms with van der Waals surface area (Å²) < 4.78 is 13.7. The molecule has 1 rings (SSSR count). The standard InChI is InChI=1S/C14H22ClFN2O/c1-3-18(4-2)8-7-17-14(10-19)12-9-11(15)5-6-13(12)16/h5-6,9,14,17,19H,3-4,7-8,10H2,1-2H3. The number of hydrogen-bond acceptors (Lipinski definition) is 3. The van der Waals surface area contributed by atoms with E-state index < -0.39 is 6.04 Å². The van der Waals surface area contributed by atoms with E-state index in [4.69, 9.17) is 11.6 Å². The van der Waals surface area contributed by atoms with Crippen LogP contribution < -0.4 is 5.32 Å². The molecule has 2 N–H and O–H groups in total. The number of hydrogen-bond donors (Lipinski definition) is 2. The topological polar surface area (TPSA) is 35.5 Å². The lowest BCUT2D eigenvalue weighted by Gasteiger charge is -2.22. The maximum atomic E-state index is 13.7. The van der Waals surface area contributed by atoms with Crippen LogP contribution in [0.1, 0.15) is 25.5 Å². The van der Waals surface area contributed by atoms with Crippen molar-refractivity contribution in [1.29, 1.82) is 0 Å². The van der Waals surface area contributed by atoms with Gasteiger partial charge in [0.25, 0.3) is 0 Å². The molecule has 0 radical (unpaired) electrons. The molecule has 0 saturated heterocycles. The van der Waals surface area contributed by atoms with E-state index in [0.717, 1.165) is 19.6 Å². The maximum absolute atomic E-state index is 13.7. The van der Waals surface area contributed by atoms with Crippen LogP contribution in [0.5, 0.6) is 0 Å². The molecule has 1 aromatic rings. The van der Waals surface area contributed by atoms with Crippen LogP contribution in [0, 0.1) is 5.82 Å². The summed E-state index contributed by atoms with van der Waals surface area (Å²) in [5.41, 5.74) is 0.412. The Morgan fingerprint density at radius 3 is 2.63 bits per heavy atom. The van der Waals surface area contributed by atoms with Crippen LogP contribution in [0.3, 0.4) is 0 Å². The van der Waals surface area contributed by atoms with Gasteiger partial charge in [0.1, 0.15) is 5.82 Å². The van der Waals surface area contributed by atoms with E-state index in [2.05, 4.69) is 24.1 Å². The second-order valence-electron chi connectivity index (χ2n) is 4.38. The van der Waals surface area contributed by atoms with Crippen molar-refractivity contribution in [1.82, 2.24) is 10.2 Å². The molecule has 0 aliphatic carbocycles. The first-order chi connectivity index (χ1) is 9.12. The SMILES string of the molecule is CCN(CC)CCNC(CO)c1cc(Cl)ccc1F. The molecule has 0 spiro atoms. The Kier molecular flexibility index (Phi) is 7.31. The van der Waals surface area contributed by atoms with Crippen LogP contribution in [0.15, 0.2) is 18.2 Å². The molecule has 0 saturated carbocycles. The van der Waals surface area contributed by atoms with E-state index in [0.29, 0.717) is 17.1 Å². The van der Waals surface area contributed by atoms with Gasteiger partial charge in [-0.05, 0) is 31.3 Å². The number of likely N-dealkylation sites (N-methyl/N-ethyl adjacent to an activating group) is 1. The normalized spacial score (nSPS) is 12.9. The van der Waals surface area contributed by atoms with E-state index >= 15 is 0 Å². The van der Waals surface area contributed by atoms with E-state index in [1.54, 1.807) is 6.07 Å². The molecule has 0 bridgehead atoms. The van der Waals surface area contributed by atoms with Crippen LogP contribution in [-0.2, 0) is 0 Å². The highest BCUT2D eigenvalue weighted by atomic mass is 35.5. The molecule has 0 aliphatic heterocycles. The first-order valence-electron chi connectivity index (χ1n) is 6.63. The van der Waals surface area contributed by atoms with Gasteiger partial charge in [0.2, 0.25) is 0 Å². The van der Waals surface area contributed by atoms with Crippen LogP contribution in [-0.4, -0.2) is 42.8 Å². The molecule has 108 valence electrons. The monoisotopic (exact) mass is 288 g/mol. The summed E-state index contributed by atoms with van der Waals surface area (Å²) >= 11 is 5.86. The number of nitrogens with one attached hydrogen (secondary N) is 1. The van der Waals surface area contributed by atoms with Crippen molar-refractivity contribution >= 4 is 11.6 Å². The molecule has 1 unspecified atom stereocenters. The van der Waals surface area contributed by atoms with Crippen LogP contribution in [0.4, 0.5) is 4.39 Å². The summed E-state index contributed by atoms with van der Waals surface area (Å²) in [5.74, 6) is -0.348. The van der Waals surface area contributed by atoms with Crippen molar-refractivity contribution < 1.29 is 9.50 Å². The molecule has 1 atom stereocenters. The van der Waals surface area contributed by atoms with E-state index in [-0.39, 0.29) is 12.4 Å². The fraction of sp³-hybridized carbons (Fsp3) is 0.571. The summed E-state index contributed by atoms with van der Waals surface area (Å²) in [6.07, 6.45) is 0. The average molecular weight is 289 g/mol. The van der Waals surface area contributed by atoms with Crippen LogP contribution in [0.25, 0.3) is 0 Å². The van der Waals surface area contributed by atoms with Gasteiger partial charge in [-0.25, -0.2) is 4.39 Å². The van der Waals surface area contributed by atoms with Crippen molar-refractivity contribution in [3.63, 3.8) is 0 Å². The minimum atomic E-state index is -0.422. The molecule has 0 aliphatic rings. The third kappa shape index (κ3) is 5.07. The minimum Gasteiger partial charge on any atom is -0.394 e. The fourth-order valence-electron chi connectivity index (χ4n) is 1.99. The second-order valence-corrected chi connectivity index (χ2v) is 4.82. The Balaban J connectivity index is 2.60. The van der Waals surface area contributed by atoms with Crippen LogP contribution >= 0.6 is 11.6 Å². The lowest BCUT2D eigenvalue weighted by Crippen LogP contribution is -2.35. The van der Waals surface area contributed by atoms with Crippen LogP contribution in [0.2, 0.25) is 5.02 Å². The Morgan fingerprint density at radius 1 is 1.37 bits per heavy atom. The zero-order chi connectivity index (χ0) is 14.3. The van der Waals surface area contributed by atoms with Gasteiger partial charge in [-0.1, -0.05) is 25.4 Å². The molecular formula is C14H22ClFN2O. The zero-order valence-corrected chi connectivity index (χ0v) is 12.3. The number of aliphatic hydroxyl groups is 1. The van der Waals surface area contributed by atoms with Gasteiger partial charge >= 0.3 is 0 Å². The smallest absolute Gasteiger partial charge is 0.128 e. The van der Waals surface area contributed by atoms with E-state index in [1.165, 1.54) is 12.1 Å². The molecule has 3 nitrogen and oxygen atoms in total. The number of nitrogens with zero attached hydrogens (tertiary/aromatic N) is 1. The Morgan fingerprint density at radius 2 is 2.05 bits per heavy atom. The third-order valence-electron chi connectivity index (χ3n) is 3.23. The highest BCUT2D eigenvalue weighted by Gasteiger charge is 2.15. The fourth-order valence-corrected chi connectivity index (χ4v) is 2.17. The van der Waals surface area contributed by atoms with Gasteiger partial charge in [-0.15, -0.1) is 0 Å². The number of aliphatic hydroxyl groups excluding tert-OH is 1. The quantitative estimate of drug-likeness (QED) is 0.771. The predicted octanol–water partition coefficient (Wildman–Crippen LogP) is 2.44. The first kappa shape index (κ1) is 16.4. The summed E-state index contributed by atoms with van der Waals surface area (Å²) in [5, 5.41) is 13.0. The average Bonchev–Trinajstić information content (AvgIpc) is 2.42. The van der Waals surface area contributed by atoms with E-state index in [9.17, 15) is 9.50 Å². The summed E-state index contributed by atoms with van der Waals surface area (Å²) in [6.45, 7) is 7.56. The Labute approximate surface area is 119 Å². The second kappa shape index (κ2) is 8.48. The Bertz CT molecular complexity index is 386. The van der Waals surface area contributed by atoms with Crippen molar-refractivity contribution in [3.05, 3.63) is 34.6 Å². The minimum absolute atomic E-state index is 0.157. The van der Waals surface area contributed by atoms with E-state index in [1.807, 2.05) is 0 Å². The first-order valence-corrected chi connectivity index (χ1v) is 7.01. The van der Waals surface area contributed by atoms with Gasteiger partial charge in [0.15, 0.2) is 0 Å². The lowest BCUT2D eigenvalue weighted by molar-refractivity contribution is 0.231.